The lowest BCUT2D eigenvalue weighted by atomic mass is 10.1. The van der Waals surface area contributed by atoms with Crippen molar-refractivity contribution in [3.63, 3.8) is 0 Å². The van der Waals surface area contributed by atoms with Crippen molar-refractivity contribution in [2.75, 3.05) is 0 Å². The molecule has 1 unspecified atom stereocenters. The van der Waals surface area contributed by atoms with Crippen molar-refractivity contribution in [3.05, 3.63) is 50.6 Å². The van der Waals surface area contributed by atoms with Crippen molar-refractivity contribution in [1.29, 1.82) is 0 Å². The summed E-state index contributed by atoms with van der Waals surface area (Å²) in [5.74, 6) is 5.67. The van der Waals surface area contributed by atoms with Crippen molar-refractivity contribution in [1.82, 2.24) is 5.43 Å². The molecule has 1 aromatic carbocycles. The first-order chi connectivity index (χ1) is 9.11. The Morgan fingerprint density at radius 1 is 1.32 bits per heavy atom. The van der Waals surface area contributed by atoms with Crippen LogP contribution < -0.4 is 16.0 Å². The second-order valence-corrected chi connectivity index (χ2v) is 5.49. The van der Waals surface area contributed by atoms with Crippen LogP contribution >= 0.6 is 27.3 Å². The molecule has 0 spiro atoms. The summed E-state index contributed by atoms with van der Waals surface area (Å²) in [6, 6.07) is 8.10. The lowest BCUT2D eigenvalue weighted by Gasteiger charge is -2.16. The molecule has 0 aliphatic heterocycles. The van der Waals surface area contributed by atoms with Gasteiger partial charge in [-0.2, -0.15) is 8.78 Å². The molecular weight excluding hydrogens is 338 g/mol. The van der Waals surface area contributed by atoms with Crippen LogP contribution in [0.1, 0.15) is 16.5 Å². The van der Waals surface area contributed by atoms with Crippen molar-refractivity contribution >= 4 is 27.3 Å². The number of halogens is 3. The monoisotopic (exact) mass is 348 g/mol. The molecule has 0 saturated heterocycles. The standard InChI is InChI=1S/C12H11BrF2N2OS/c13-9-4-5-19-11(9)10(17-16)7-2-1-3-8(6-7)18-12(14)15/h1-6,10,12,17H,16H2. The van der Waals surface area contributed by atoms with Gasteiger partial charge in [-0.15, -0.1) is 11.3 Å². The summed E-state index contributed by atoms with van der Waals surface area (Å²) in [4.78, 5) is 0.969. The largest absolute Gasteiger partial charge is 0.435 e. The summed E-state index contributed by atoms with van der Waals surface area (Å²) in [7, 11) is 0. The minimum absolute atomic E-state index is 0.112. The van der Waals surface area contributed by atoms with E-state index < -0.39 is 6.61 Å². The number of ether oxygens (including phenoxy) is 1. The summed E-state index contributed by atoms with van der Waals surface area (Å²) >= 11 is 4.95. The zero-order valence-corrected chi connectivity index (χ0v) is 12.0. The number of benzene rings is 1. The van der Waals surface area contributed by atoms with E-state index in [1.165, 1.54) is 17.4 Å². The summed E-state index contributed by atoms with van der Waals surface area (Å²) in [5.41, 5.74) is 3.43. The van der Waals surface area contributed by atoms with Crippen LogP contribution in [0, 0.1) is 0 Å². The van der Waals surface area contributed by atoms with Gasteiger partial charge in [-0.1, -0.05) is 12.1 Å². The Kier molecular flexibility index (Phi) is 4.87. The molecule has 1 aromatic heterocycles. The Hall–Kier alpha value is -1.02. The van der Waals surface area contributed by atoms with E-state index in [-0.39, 0.29) is 11.8 Å². The molecule has 0 aliphatic rings. The van der Waals surface area contributed by atoms with Gasteiger partial charge in [-0.3, -0.25) is 5.84 Å². The van der Waals surface area contributed by atoms with Gasteiger partial charge in [0.05, 0.1) is 6.04 Å². The molecule has 2 rings (SSSR count). The minimum Gasteiger partial charge on any atom is -0.435 e. The third kappa shape index (κ3) is 3.50. The van der Waals surface area contributed by atoms with Gasteiger partial charge in [0.2, 0.25) is 0 Å². The first-order valence-electron chi connectivity index (χ1n) is 5.35. The second kappa shape index (κ2) is 6.42. The van der Waals surface area contributed by atoms with Gasteiger partial charge in [0.15, 0.2) is 0 Å². The number of rotatable bonds is 5. The van der Waals surface area contributed by atoms with E-state index in [1.807, 2.05) is 11.4 Å². The van der Waals surface area contributed by atoms with E-state index in [1.54, 1.807) is 18.2 Å². The molecule has 3 N–H and O–H groups in total. The molecule has 2 aromatic rings. The molecule has 0 amide bonds. The fourth-order valence-corrected chi connectivity index (χ4v) is 3.39. The van der Waals surface area contributed by atoms with Crippen LogP contribution in [0.5, 0.6) is 5.75 Å². The zero-order chi connectivity index (χ0) is 13.8. The van der Waals surface area contributed by atoms with Crippen molar-refractivity contribution in [2.45, 2.75) is 12.7 Å². The van der Waals surface area contributed by atoms with E-state index >= 15 is 0 Å². The van der Waals surface area contributed by atoms with Crippen LogP contribution in [0.25, 0.3) is 0 Å². The molecule has 0 bridgehead atoms. The smallest absolute Gasteiger partial charge is 0.387 e. The topological polar surface area (TPSA) is 47.3 Å². The number of hydrazine groups is 1. The van der Waals surface area contributed by atoms with Crippen molar-refractivity contribution in [3.8, 4) is 5.75 Å². The van der Waals surface area contributed by atoms with Crippen molar-refractivity contribution < 1.29 is 13.5 Å². The van der Waals surface area contributed by atoms with Gasteiger partial charge in [-0.05, 0) is 45.1 Å². The van der Waals surface area contributed by atoms with Crippen LogP contribution in [0.15, 0.2) is 40.2 Å². The zero-order valence-electron chi connectivity index (χ0n) is 9.65. The molecular formula is C12H11BrF2N2OS. The average Bonchev–Trinajstić information content (AvgIpc) is 2.77. The molecule has 0 saturated carbocycles. The molecule has 1 heterocycles. The first kappa shape index (κ1) is 14.4. The Bertz CT molecular complexity index is 550. The Balaban J connectivity index is 2.31. The van der Waals surface area contributed by atoms with Crippen LogP contribution in [-0.2, 0) is 0 Å². The lowest BCUT2D eigenvalue weighted by Crippen LogP contribution is -2.28. The molecule has 1 atom stereocenters. The highest BCUT2D eigenvalue weighted by molar-refractivity contribution is 9.10. The van der Waals surface area contributed by atoms with E-state index in [9.17, 15) is 8.78 Å². The number of alkyl halides is 2. The number of hydrogen-bond donors (Lipinski definition) is 2. The van der Waals surface area contributed by atoms with E-state index in [2.05, 4.69) is 26.1 Å². The van der Waals surface area contributed by atoms with Gasteiger partial charge in [0.1, 0.15) is 5.75 Å². The van der Waals surface area contributed by atoms with E-state index in [0.717, 1.165) is 14.9 Å². The lowest BCUT2D eigenvalue weighted by molar-refractivity contribution is -0.0498. The Morgan fingerprint density at radius 2 is 2.11 bits per heavy atom. The van der Waals surface area contributed by atoms with Crippen molar-refractivity contribution in [2.24, 2.45) is 5.84 Å². The maximum atomic E-state index is 12.2. The summed E-state index contributed by atoms with van der Waals surface area (Å²) in [6.45, 7) is -2.84. The molecule has 3 nitrogen and oxygen atoms in total. The molecule has 7 heteroatoms. The average molecular weight is 349 g/mol. The van der Waals surface area contributed by atoms with Crippen LogP contribution in [0.2, 0.25) is 0 Å². The van der Waals surface area contributed by atoms with Gasteiger partial charge in [-0.25, -0.2) is 5.43 Å². The SMILES string of the molecule is NNC(c1cccc(OC(F)F)c1)c1sccc1Br. The van der Waals surface area contributed by atoms with Gasteiger partial charge in [0, 0.05) is 9.35 Å². The molecule has 0 aliphatic carbocycles. The second-order valence-electron chi connectivity index (χ2n) is 3.68. The van der Waals surface area contributed by atoms with Gasteiger partial charge >= 0.3 is 6.61 Å². The molecule has 19 heavy (non-hydrogen) atoms. The summed E-state index contributed by atoms with van der Waals surface area (Å²) in [6.07, 6.45) is 0. The highest BCUT2D eigenvalue weighted by Crippen LogP contribution is 2.33. The predicted octanol–water partition coefficient (Wildman–Crippen LogP) is 3.66. The molecule has 0 fully saturated rings. The highest BCUT2D eigenvalue weighted by Gasteiger charge is 2.17. The molecule has 102 valence electrons. The fourth-order valence-electron chi connectivity index (χ4n) is 1.70. The van der Waals surface area contributed by atoms with E-state index in [4.69, 9.17) is 5.84 Å². The third-order valence-electron chi connectivity index (χ3n) is 2.49. The summed E-state index contributed by atoms with van der Waals surface area (Å²) < 4.78 is 29.7. The number of nitrogens with two attached hydrogens (primary N) is 1. The third-order valence-corrected chi connectivity index (χ3v) is 4.43. The fraction of sp³-hybridized carbons (Fsp3) is 0.167. The minimum atomic E-state index is -2.84. The Labute approximate surface area is 121 Å². The van der Waals surface area contributed by atoms with E-state index in [0.29, 0.717) is 0 Å². The maximum absolute atomic E-state index is 12.2. The summed E-state index contributed by atoms with van der Waals surface area (Å²) in [5, 5.41) is 1.92. The van der Waals surface area contributed by atoms with Crippen LogP contribution in [0.3, 0.4) is 0 Å². The Morgan fingerprint density at radius 3 is 2.68 bits per heavy atom. The van der Waals surface area contributed by atoms with Crippen LogP contribution in [0.4, 0.5) is 8.78 Å². The van der Waals surface area contributed by atoms with Gasteiger partial charge < -0.3 is 4.74 Å². The predicted molar refractivity (Wildman–Crippen MR) is 74.3 cm³/mol. The highest BCUT2D eigenvalue weighted by atomic mass is 79.9. The number of nitrogens with one attached hydrogen (secondary N) is 1. The normalized spacial score (nSPS) is 12.7. The molecule has 0 radical (unpaired) electrons. The maximum Gasteiger partial charge on any atom is 0.387 e. The number of thiophene rings is 1. The number of hydrogen-bond acceptors (Lipinski definition) is 4. The van der Waals surface area contributed by atoms with Crippen LogP contribution in [-0.4, -0.2) is 6.61 Å². The first-order valence-corrected chi connectivity index (χ1v) is 7.03. The van der Waals surface area contributed by atoms with Gasteiger partial charge in [0.25, 0.3) is 0 Å². The quantitative estimate of drug-likeness (QED) is 0.640.